The normalized spacial score (nSPS) is 10.7. The van der Waals surface area contributed by atoms with E-state index in [1.807, 2.05) is 32.0 Å². The second-order valence-corrected chi connectivity index (χ2v) is 8.21. The van der Waals surface area contributed by atoms with E-state index in [2.05, 4.69) is 15.8 Å². The van der Waals surface area contributed by atoms with Crippen LogP contribution in [-0.4, -0.2) is 31.7 Å². The predicted molar refractivity (Wildman–Crippen MR) is 135 cm³/mol. The van der Waals surface area contributed by atoms with Crippen molar-refractivity contribution in [2.24, 2.45) is 5.10 Å². The molecule has 0 radical (unpaired) electrons. The van der Waals surface area contributed by atoms with Gasteiger partial charge < -0.3 is 14.8 Å². The summed E-state index contributed by atoms with van der Waals surface area (Å²) in [6.45, 7) is 3.52. The number of rotatable bonds is 8. The third-order valence-corrected chi connectivity index (χ3v) is 5.44. The fourth-order valence-corrected chi connectivity index (χ4v) is 3.35. The molecule has 9 heteroatoms. The van der Waals surface area contributed by atoms with Gasteiger partial charge in [-0.15, -0.1) is 0 Å². The average molecular weight is 500 g/mol. The molecule has 0 spiro atoms. The molecule has 34 heavy (non-hydrogen) atoms. The van der Waals surface area contributed by atoms with E-state index >= 15 is 0 Å². The van der Waals surface area contributed by atoms with E-state index in [9.17, 15) is 9.59 Å². The number of nitrogens with one attached hydrogen (secondary N) is 2. The van der Waals surface area contributed by atoms with Crippen LogP contribution in [0.15, 0.2) is 59.7 Å². The molecule has 0 saturated heterocycles. The minimum atomic E-state index is -0.387. The lowest BCUT2D eigenvalue weighted by Crippen LogP contribution is -2.20. The fraction of sp³-hybridized carbons (Fsp3) is 0.160. The lowest BCUT2D eigenvalue weighted by Gasteiger charge is -2.13. The standard InChI is InChI=1S/C25H23Cl2N3O4/c1-15-4-7-18(8-5-15)25(32)30-28-13-17-10-21(27)24(22(11-17)33-3)34-14-23(31)29-19-9-6-16(2)20(26)12-19/h4-13H,14H2,1-3H3,(H,29,31)(H,30,32)/b28-13+. The third-order valence-electron chi connectivity index (χ3n) is 4.75. The van der Waals surface area contributed by atoms with Crippen molar-refractivity contribution in [2.45, 2.75) is 13.8 Å². The Hall–Kier alpha value is -3.55. The van der Waals surface area contributed by atoms with E-state index in [-0.39, 0.29) is 29.2 Å². The molecule has 0 saturated carbocycles. The number of anilines is 1. The topological polar surface area (TPSA) is 89.0 Å². The highest BCUT2D eigenvalue weighted by Crippen LogP contribution is 2.36. The van der Waals surface area contributed by atoms with Crippen LogP contribution in [-0.2, 0) is 4.79 Å². The van der Waals surface area contributed by atoms with Gasteiger partial charge in [-0.3, -0.25) is 9.59 Å². The first-order valence-electron chi connectivity index (χ1n) is 10.2. The highest BCUT2D eigenvalue weighted by atomic mass is 35.5. The van der Waals surface area contributed by atoms with Crippen molar-refractivity contribution < 1.29 is 19.1 Å². The fourth-order valence-electron chi connectivity index (χ4n) is 2.89. The van der Waals surface area contributed by atoms with E-state index in [4.69, 9.17) is 32.7 Å². The molecule has 0 heterocycles. The highest BCUT2D eigenvalue weighted by molar-refractivity contribution is 6.32. The summed E-state index contributed by atoms with van der Waals surface area (Å²) in [5.74, 6) is -0.204. The zero-order chi connectivity index (χ0) is 24.7. The Balaban J connectivity index is 1.62. The van der Waals surface area contributed by atoms with Gasteiger partial charge in [-0.1, -0.05) is 47.0 Å². The first-order chi connectivity index (χ1) is 16.3. The van der Waals surface area contributed by atoms with Crippen LogP contribution >= 0.6 is 23.2 Å². The van der Waals surface area contributed by atoms with E-state index in [1.165, 1.54) is 13.3 Å². The van der Waals surface area contributed by atoms with Gasteiger partial charge in [0.1, 0.15) is 0 Å². The van der Waals surface area contributed by atoms with Crippen LogP contribution in [0.3, 0.4) is 0 Å². The number of hydrazone groups is 1. The lowest BCUT2D eigenvalue weighted by molar-refractivity contribution is -0.118. The summed E-state index contributed by atoms with van der Waals surface area (Å²) in [4.78, 5) is 24.4. The van der Waals surface area contributed by atoms with Crippen molar-refractivity contribution in [3.05, 3.63) is 86.9 Å². The van der Waals surface area contributed by atoms with Crippen molar-refractivity contribution in [1.82, 2.24) is 5.43 Å². The van der Waals surface area contributed by atoms with Crippen LogP contribution in [0, 0.1) is 13.8 Å². The van der Waals surface area contributed by atoms with E-state index in [0.29, 0.717) is 27.6 Å². The molecule has 0 atom stereocenters. The van der Waals surface area contributed by atoms with Crippen molar-refractivity contribution in [1.29, 1.82) is 0 Å². The highest BCUT2D eigenvalue weighted by Gasteiger charge is 2.14. The van der Waals surface area contributed by atoms with Gasteiger partial charge in [-0.25, -0.2) is 5.43 Å². The Bertz CT molecular complexity index is 1230. The van der Waals surface area contributed by atoms with Gasteiger partial charge in [0, 0.05) is 16.3 Å². The molecule has 3 aromatic carbocycles. The second-order valence-electron chi connectivity index (χ2n) is 7.40. The van der Waals surface area contributed by atoms with Crippen molar-refractivity contribution in [3.8, 4) is 11.5 Å². The number of hydrogen-bond acceptors (Lipinski definition) is 5. The molecule has 3 aromatic rings. The van der Waals surface area contributed by atoms with E-state index in [0.717, 1.165) is 11.1 Å². The smallest absolute Gasteiger partial charge is 0.271 e. The number of halogens is 2. The molecule has 2 amide bonds. The SMILES string of the molecule is COc1cc(/C=N/NC(=O)c2ccc(C)cc2)cc(Cl)c1OCC(=O)Nc1ccc(C)c(Cl)c1. The maximum Gasteiger partial charge on any atom is 0.271 e. The van der Waals surface area contributed by atoms with Gasteiger partial charge in [0.25, 0.3) is 11.8 Å². The summed E-state index contributed by atoms with van der Waals surface area (Å²) in [6.07, 6.45) is 1.43. The summed E-state index contributed by atoms with van der Waals surface area (Å²) in [5, 5.41) is 7.45. The molecule has 3 rings (SSSR count). The number of hydrogen-bond donors (Lipinski definition) is 2. The summed E-state index contributed by atoms with van der Waals surface area (Å²) in [7, 11) is 1.45. The Morgan fingerprint density at radius 1 is 1.00 bits per heavy atom. The molecule has 0 aromatic heterocycles. The Morgan fingerprint density at radius 3 is 2.41 bits per heavy atom. The largest absolute Gasteiger partial charge is 0.493 e. The van der Waals surface area contributed by atoms with Gasteiger partial charge in [-0.2, -0.15) is 5.10 Å². The molecular formula is C25H23Cl2N3O4. The molecule has 0 fully saturated rings. The van der Waals surface area contributed by atoms with Gasteiger partial charge in [0.2, 0.25) is 0 Å². The summed E-state index contributed by atoms with van der Waals surface area (Å²) >= 11 is 12.4. The van der Waals surface area contributed by atoms with Crippen LogP contribution in [0.2, 0.25) is 10.0 Å². The molecular weight excluding hydrogens is 477 g/mol. The zero-order valence-electron chi connectivity index (χ0n) is 18.8. The van der Waals surface area contributed by atoms with Crippen LogP contribution in [0.25, 0.3) is 0 Å². The minimum absolute atomic E-state index is 0.210. The van der Waals surface area contributed by atoms with E-state index < -0.39 is 0 Å². The molecule has 0 aliphatic rings. The molecule has 0 bridgehead atoms. The van der Waals surface area contributed by atoms with Crippen LogP contribution in [0.4, 0.5) is 5.69 Å². The third kappa shape index (κ3) is 6.73. The van der Waals surface area contributed by atoms with E-state index in [1.54, 1.807) is 36.4 Å². The number of ether oxygens (including phenoxy) is 2. The number of aryl methyl sites for hydroxylation is 2. The number of nitrogens with zero attached hydrogens (tertiary/aromatic N) is 1. The monoisotopic (exact) mass is 499 g/mol. The summed E-state index contributed by atoms with van der Waals surface area (Å²) < 4.78 is 10.9. The summed E-state index contributed by atoms with van der Waals surface area (Å²) in [5.41, 5.74) is 6.04. The Morgan fingerprint density at radius 2 is 1.74 bits per heavy atom. The van der Waals surface area contributed by atoms with Crippen LogP contribution in [0.5, 0.6) is 11.5 Å². The average Bonchev–Trinajstić information content (AvgIpc) is 2.80. The van der Waals surface area contributed by atoms with Crippen LogP contribution < -0.4 is 20.2 Å². The van der Waals surface area contributed by atoms with Gasteiger partial charge >= 0.3 is 0 Å². The molecule has 0 aliphatic heterocycles. The second kappa shape index (κ2) is 11.5. The number of carbonyl (C=O) groups excluding carboxylic acids is 2. The quantitative estimate of drug-likeness (QED) is 0.320. The Kier molecular flexibility index (Phi) is 8.51. The Labute approximate surface area is 207 Å². The minimum Gasteiger partial charge on any atom is -0.493 e. The zero-order valence-corrected chi connectivity index (χ0v) is 20.3. The first kappa shape index (κ1) is 25.1. The molecule has 0 unspecified atom stereocenters. The molecule has 2 N–H and O–H groups in total. The number of benzene rings is 3. The predicted octanol–water partition coefficient (Wildman–Crippen LogP) is 5.40. The number of carbonyl (C=O) groups is 2. The lowest BCUT2D eigenvalue weighted by atomic mass is 10.1. The van der Waals surface area contributed by atoms with Gasteiger partial charge in [0.15, 0.2) is 18.1 Å². The van der Waals surface area contributed by atoms with Crippen molar-refractivity contribution in [3.63, 3.8) is 0 Å². The number of amides is 2. The maximum absolute atomic E-state index is 12.3. The van der Waals surface area contributed by atoms with Crippen LogP contribution in [0.1, 0.15) is 27.0 Å². The molecule has 176 valence electrons. The maximum atomic E-state index is 12.3. The molecule has 0 aliphatic carbocycles. The van der Waals surface area contributed by atoms with Crippen molar-refractivity contribution >= 4 is 46.9 Å². The summed E-state index contributed by atoms with van der Waals surface area (Å²) in [6, 6.07) is 15.6. The van der Waals surface area contributed by atoms with Crippen molar-refractivity contribution in [2.75, 3.05) is 19.0 Å². The molecule has 7 nitrogen and oxygen atoms in total. The van der Waals surface area contributed by atoms with Gasteiger partial charge in [0.05, 0.1) is 18.3 Å². The van der Waals surface area contributed by atoms with Gasteiger partial charge in [-0.05, 0) is 61.4 Å². The first-order valence-corrected chi connectivity index (χ1v) is 11.0. The number of methoxy groups -OCH3 is 1.